The molecule has 0 heterocycles. The van der Waals surface area contributed by atoms with Gasteiger partial charge in [-0.1, -0.05) is 49.6 Å². The van der Waals surface area contributed by atoms with Crippen molar-refractivity contribution in [2.75, 3.05) is 5.32 Å². The number of benzene rings is 3. The van der Waals surface area contributed by atoms with Crippen LogP contribution in [0.25, 0.3) is 11.1 Å². The number of aromatic hydroxyl groups is 2. The number of hydrogen-bond donors (Lipinski definition) is 3. The summed E-state index contributed by atoms with van der Waals surface area (Å²) < 4.78 is 38.5. The lowest BCUT2D eigenvalue weighted by atomic mass is 9.92. The first-order chi connectivity index (χ1) is 15.6. The van der Waals surface area contributed by atoms with Crippen LogP contribution in [0.5, 0.6) is 11.5 Å². The van der Waals surface area contributed by atoms with E-state index in [1.165, 1.54) is 6.07 Å². The lowest BCUT2D eigenvalue weighted by Crippen LogP contribution is -2.15. The Bertz CT molecular complexity index is 1140. The van der Waals surface area contributed by atoms with Crippen molar-refractivity contribution in [3.8, 4) is 22.6 Å². The highest BCUT2D eigenvalue weighted by Crippen LogP contribution is 2.42. The summed E-state index contributed by atoms with van der Waals surface area (Å²) in [5.74, 6) is -1.17. The molecule has 0 atom stereocenters. The molecule has 0 radical (unpaired) electrons. The van der Waals surface area contributed by atoms with Crippen molar-refractivity contribution in [1.82, 2.24) is 0 Å². The van der Waals surface area contributed by atoms with Crippen molar-refractivity contribution in [3.05, 3.63) is 76.9 Å². The molecule has 0 unspecified atom stereocenters. The molecule has 0 aliphatic carbocycles. The predicted octanol–water partition coefficient (Wildman–Crippen LogP) is 7.08. The number of carbonyl (C=O) groups excluding carboxylic acids is 1. The van der Waals surface area contributed by atoms with Crippen LogP contribution in [0.1, 0.15) is 53.2 Å². The Morgan fingerprint density at radius 1 is 1.00 bits per heavy atom. The maximum Gasteiger partial charge on any atom is 0.416 e. The van der Waals surface area contributed by atoms with E-state index in [1.807, 2.05) is 19.9 Å². The van der Waals surface area contributed by atoms with Crippen LogP contribution in [0.2, 0.25) is 0 Å². The first-order valence-corrected chi connectivity index (χ1v) is 10.7. The van der Waals surface area contributed by atoms with Crippen LogP contribution in [-0.4, -0.2) is 16.1 Å². The van der Waals surface area contributed by atoms with Crippen LogP contribution in [-0.2, 0) is 12.6 Å². The molecule has 1 amide bonds. The quantitative estimate of drug-likeness (QED) is 0.332. The molecule has 0 spiro atoms. The lowest BCUT2D eigenvalue weighted by Gasteiger charge is -2.17. The first kappa shape index (κ1) is 24.2. The summed E-state index contributed by atoms with van der Waals surface area (Å²) in [6, 6.07) is 12.7. The van der Waals surface area contributed by atoms with Crippen LogP contribution in [0.4, 0.5) is 18.9 Å². The summed E-state index contributed by atoms with van der Waals surface area (Å²) in [5.41, 5.74) is 1.41. The monoisotopic (exact) mass is 457 g/mol. The van der Waals surface area contributed by atoms with Gasteiger partial charge in [-0.25, -0.2) is 0 Å². The minimum Gasteiger partial charge on any atom is -0.507 e. The number of halogens is 3. The summed E-state index contributed by atoms with van der Waals surface area (Å²) in [6.07, 6.45) is -1.42. The minimum absolute atomic E-state index is 0.000284. The molecule has 3 N–H and O–H groups in total. The number of nitrogens with one attached hydrogen (secondary N) is 1. The Morgan fingerprint density at radius 3 is 2.30 bits per heavy atom. The molecule has 0 fully saturated rings. The van der Waals surface area contributed by atoms with E-state index in [0.717, 1.165) is 49.1 Å². The van der Waals surface area contributed by atoms with E-state index in [0.29, 0.717) is 17.5 Å². The fourth-order valence-electron chi connectivity index (χ4n) is 3.75. The topological polar surface area (TPSA) is 69.6 Å². The molecule has 0 aliphatic rings. The highest BCUT2D eigenvalue weighted by molar-refractivity contribution is 6.09. The zero-order chi connectivity index (χ0) is 24.2. The van der Waals surface area contributed by atoms with Gasteiger partial charge in [-0.15, -0.1) is 0 Å². The van der Waals surface area contributed by atoms with Gasteiger partial charge in [0.2, 0.25) is 0 Å². The van der Waals surface area contributed by atoms with Crippen molar-refractivity contribution in [2.45, 2.75) is 45.7 Å². The smallest absolute Gasteiger partial charge is 0.416 e. The Kier molecular flexibility index (Phi) is 7.31. The van der Waals surface area contributed by atoms with Gasteiger partial charge in [-0.05, 0) is 61.2 Å². The van der Waals surface area contributed by atoms with E-state index >= 15 is 0 Å². The van der Waals surface area contributed by atoms with Gasteiger partial charge < -0.3 is 15.5 Å². The van der Waals surface area contributed by atoms with Gasteiger partial charge in [-0.2, -0.15) is 13.2 Å². The fourth-order valence-corrected chi connectivity index (χ4v) is 3.75. The first-order valence-electron chi connectivity index (χ1n) is 10.7. The van der Waals surface area contributed by atoms with Crippen LogP contribution in [0.15, 0.2) is 54.6 Å². The second kappa shape index (κ2) is 9.98. The molecule has 3 aromatic carbocycles. The van der Waals surface area contributed by atoms with Crippen molar-refractivity contribution < 1.29 is 28.2 Å². The van der Waals surface area contributed by atoms with Crippen molar-refractivity contribution in [2.24, 2.45) is 0 Å². The third kappa shape index (κ3) is 5.66. The zero-order valence-electron chi connectivity index (χ0n) is 18.5. The molecular weight excluding hydrogens is 431 g/mol. The Balaban J connectivity index is 2.03. The number of rotatable bonds is 7. The van der Waals surface area contributed by atoms with Gasteiger partial charge in [0, 0.05) is 5.69 Å². The summed E-state index contributed by atoms with van der Waals surface area (Å²) in [4.78, 5) is 13.2. The van der Waals surface area contributed by atoms with Crippen LogP contribution in [0, 0.1) is 6.92 Å². The predicted molar refractivity (Wildman–Crippen MR) is 123 cm³/mol. The van der Waals surface area contributed by atoms with E-state index in [4.69, 9.17) is 0 Å². The maximum absolute atomic E-state index is 13.2. The van der Waals surface area contributed by atoms with E-state index in [2.05, 4.69) is 5.32 Å². The fraction of sp³-hybridized carbons (Fsp3) is 0.269. The molecule has 33 heavy (non-hydrogen) atoms. The largest absolute Gasteiger partial charge is 0.507 e. The highest BCUT2D eigenvalue weighted by atomic mass is 19.4. The van der Waals surface area contributed by atoms with Gasteiger partial charge in [-0.3, -0.25) is 4.79 Å². The van der Waals surface area contributed by atoms with Gasteiger partial charge in [0.05, 0.1) is 16.7 Å². The van der Waals surface area contributed by atoms with Crippen molar-refractivity contribution in [1.29, 1.82) is 0 Å². The van der Waals surface area contributed by atoms with Gasteiger partial charge in [0.15, 0.2) is 0 Å². The number of phenols is 2. The molecule has 7 heteroatoms. The van der Waals surface area contributed by atoms with E-state index in [1.54, 1.807) is 18.2 Å². The highest BCUT2D eigenvalue weighted by Gasteiger charge is 2.30. The van der Waals surface area contributed by atoms with Crippen molar-refractivity contribution >= 4 is 11.6 Å². The Hall–Kier alpha value is -3.48. The molecule has 0 aromatic heterocycles. The number of unbranched alkanes of at least 4 members (excludes halogenated alkanes) is 2. The van der Waals surface area contributed by atoms with Crippen LogP contribution in [0.3, 0.4) is 0 Å². The number of anilines is 1. The lowest BCUT2D eigenvalue weighted by molar-refractivity contribution is -0.137. The standard InChI is InChI=1S/C26H26F3NO3/c1-3-4-5-8-18-15-21(31)22(17-9-6-7-16(2)14-17)24(32)23(18)25(33)30-20-12-10-19(11-13-20)26(27,28)29/h6-7,9-15,31-32H,3-5,8H2,1-2H3,(H,30,33). The number of aryl methyl sites for hydroxylation is 2. The van der Waals surface area contributed by atoms with Gasteiger partial charge in [0.25, 0.3) is 5.91 Å². The molecule has 3 aromatic rings. The van der Waals surface area contributed by atoms with Gasteiger partial charge >= 0.3 is 6.18 Å². The third-order valence-electron chi connectivity index (χ3n) is 5.42. The second-order valence-corrected chi connectivity index (χ2v) is 8.01. The maximum atomic E-state index is 13.2. The number of phenolic OH excluding ortho intramolecular Hbond substituents is 2. The van der Waals surface area contributed by atoms with Crippen LogP contribution < -0.4 is 5.32 Å². The molecule has 0 saturated carbocycles. The molecule has 3 rings (SSSR count). The van der Waals surface area contributed by atoms with Gasteiger partial charge in [0.1, 0.15) is 11.5 Å². The Morgan fingerprint density at radius 2 is 1.70 bits per heavy atom. The average molecular weight is 457 g/mol. The minimum atomic E-state index is -4.48. The average Bonchev–Trinajstić information content (AvgIpc) is 2.73. The molecule has 0 bridgehead atoms. The van der Waals surface area contributed by atoms with E-state index < -0.39 is 17.6 Å². The third-order valence-corrected chi connectivity index (χ3v) is 5.42. The van der Waals surface area contributed by atoms with Crippen LogP contribution >= 0.6 is 0 Å². The number of carbonyl (C=O) groups is 1. The number of alkyl halides is 3. The summed E-state index contributed by atoms with van der Waals surface area (Å²) in [7, 11) is 0. The van der Waals surface area contributed by atoms with E-state index in [-0.39, 0.29) is 28.3 Å². The number of amides is 1. The molecule has 0 saturated heterocycles. The molecule has 0 aliphatic heterocycles. The molecule has 174 valence electrons. The summed E-state index contributed by atoms with van der Waals surface area (Å²) in [5, 5.41) is 24.3. The Labute approximate surface area is 190 Å². The summed E-state index contributed by atoms with van der Waals surface area (Å²) in [6.45, 7) is 3.91. The normalized spacial score (nSPS) is 11.4. The molecular formula is C26H26F3NO3. The summed E-state index contributed by atoms with van der Waals surface area (Å²) >= 11 is 0. The SMILES string of the molecule is CCCCCc1cc(O)c(-c2cccc(C)c2)c(O)c1C(=O)Nc1ccc(C(F)(F)F)cc1. The zero-order valence-corrected chi connectivity index (χ0v) is 18.5. The van der Waals surface area contributed by atoms with E-state index in [9.17, 15) is 28.2 Å². The molecule has 4 nitrogen and oxygen atoms in total. The second-order valence-electron chi connectivity index (χ2n) is 8.01. The number of hydrogen-bond acceptors (Lipinski definition) is 3. The van der Waals surface area contributed by atoms with Crippen molar-refractivity contribution in [3.63, 3.8) is 0 Å².